The summed E-state index contributed by atoms with van der Waals surface area (Å²) in [6.45, 7) is 3.39. The van der Waals surface area contributed by atoms with E-state index in [1.165, 1.54) is 5.56 Å². The molecule has 0 saturated carbocycles. The summed E-state index contributed by atoms with van der Waals surface area (Å²) in [5.74, 6) is 1.58. The van der Waals surface area contributed by atoms with E-state index in [0.717, 1.165) is 30.7 Å². The maximum absolute atomic E-state index is 10.8. The highest BCUT2D eigenvalue weighted by molar-refractivity contribution is 14.0. The highest BCUT2D eigenvalue weighted by atomic mass is 127. The number of furan rings is 1. The van der Waals surface area contributed by atoms with E-state index < -0.39 is 5.60 Å². The zero-order chi connectivity index (χ0) is 20.5. The standard InChI is InChI=1S/C22H29N5O2.HI/c1-22(28,19-15-26-27(2)16-19)17-25-21(24-13-11-20-9-6-14-29-20)23-12-10-18-7-4-3-5-8-18;/h3-9,14-16,28H,10-13,17H2,1-2H3,(H2,23,24,25);1H. The predicted octanol–water partition coefficient (Wildman–Crippen LogP) is 2.86. The van der Waals surface area contributed by atoms with Gasteiger partial charge in [0, 0.05) is 38.3 Å². The van der Waals surface area contributed by atoms with Crippen LogP contribution in [-0.4, -0.2) is 40.5 Å². The van der Waals surface area contributed by atoms with Crippen molar-refractivity contribution in [2.24, 2.45) is 12.0 Å². The van der Waals surface area contributed by atoms with E-state index in [0.29, 0.717) is 12.5 Å². The third-order valence-electron chi connectivity index (χ3n) is 4.66. The van der Waals surface area contributed by atoms with Crippen molar-refractivity contribution in [2.45, 2.75) is 25.4 Å². The first kappa shape index (κ1) is 23.9. The lowest BCUT2D eigenvalue weighted by molar-refractivity contribution is 0.0672. The minimum absolute atomic E-state index is 0. The van der Waals surface area contributed by atoms with E-state index >= 15 is 0 Å². The molecule has 0 aliphatic carbocycles. The number of guanidine groups is 1. The van der Waals surface area contributed by atoms with E-state index in [1.807, 2.05) is 43.6 Å². The van der Waals surface area contributed by atoms with Crippen LogP contribution in [0, 0.1) is 0 Å². The quantitative estimate of drug-likeness (QED) is 0.228. The number of halogens is 1. The SMILES string of the molecule is Cn1cc(C(C)(O)CN=C(NCCc2ccccc2)NCCc2ccco2)cn1.I. The number of hydrogen-bond acceptors (Lipinski definition) is 4. The molecule has 0 bridgehead atoms. The molecule has 1 unspecified atom stereocenters. The van der Waals surface area contributed by atoms with Crippen molar-refractivity contribution in [2.75, 3.05) is 19.6 Å². The number of aliphatic imine (C=N–C) groups is 1. The van der Waals surface area contributed by atoms with Gasteiger partial charge < -0.3 is 20.2 Å². The van der Waals surface area contributed by atoms with Crippen LogP contribution in [-0.2, 0) is 25.5 Å². The van der Waals surface area contributed by atoms with Gasteiger partial charge in [-0.05, 0) is 31.0 Å². The van der Waals surface area contributed by atoms with Crippen molar-refractivity contribution in [1.29, 1.82) is 0 Å². The van der Waals surface area contributed by atoms with E-state index in [4.69, 9.17) is 4.42 Å². The molecule has 0 aliphatic heterocycles. The highest BCUT2D eigenvalue weighted by Crippen LogP contribution is 2.19. The van der Waals surface area contributed by atoms with Crippen LogP contribution in [0.2, 0.25) is 0 Å². The first-order valence-electron chi connectivity index (χ1n) is 9.83. The van der Waals surface area contributed by atoms with E-state index in [1.54, 1.807) is 24.1 Å². The second-order valence-corrected chi connectivity index (χ2v) is 7.26. The Kier molecular flexibility index (Phi) is 9.38. The van der Waals surface area contributed by atoms with Crippen LogP contribution in [0.3, 0.4) is 0 Å². The van der Waals surface area contributed by atoms with Crippen LogP contribution in [0.1, 0.15) is 23.8 Å². The minimum atomic E-state index is -1.09. The molecule has 30 heavy (non-hydrogen) atoms. The molecule has 2 heterocycles. The average molecular weight is 523 g/mol. The first-order chi connectivity index (χ1) is 14.0. The molecule has 0 saturated heterocycles. The van der Waals surface area contributed by atoms with Gasteiger partial charge in [0.05, 0.1) is 19.0 Å². The van der Waals surface area contributed by atoms with Gasteiger partial charge >= 0.3 is 0 Å². The molecule has 8 heteroatoms. The van der Waals surface area contributed by atoms with Crippen molar-refractivity contribution < 1.29 is 9.52 Å². The van der Waals surface area contributed by atoms with Gasteiger partial charge in [0.2, 0.25) is 0 Å². The van der Waals surface area contributed by atoms with Gasteiger partial charge in [0.1, 0.15) is 11.4 Å². The Labute approximate surface area is 194 Å². The first-order valence-corrected chi connectivity index (χ1v) is 9.83. The Morgan fingerprint density at radius 3 is 2.50 bits per heavy atom. The normalized spacial score (nSPS) is 13.4. The fourth-order valence-corrected chi connectivity index (χ4v) is 2.93. The van der Waals surface area contributed by atoms with Gasteiger partial charge in [0.25, 0.3) is 0 Å². The van der Waals surface area contributed by atoms with Crippen molar-refractivity contribution in [3.63, 3.8) is 0 Å². The van der Waals surface area contributed by atoms with Crippen LogP contribution in [0.25, 0.3) is 0 Å². The number of benzene rings is 1. The van der Waals surface area contributed by atoms with Crippen LogP contribution < -0.4 is 10.6 Å². The van der Waals surface area contributed by atoms with Crippen molar-refractivity contribution >= 4 is 29.9 Å². The molecule has 3 aromatic rings. The average Bonchev–Trinajstić information content (AvgIpc) is 3.39. The molecule has 3 N–H and O–H groups in total. The number of aromatic nitrogens is 2. The van der Waals surface area contributed by atoms with Crippen LogP contribution in [0.15, 0.2) is 70.5 Å². The molecule has 3 rings (SSSR count). The summed E-state index contributed by atoms with van der Waals surface area (Å²) >= 11 is 0. The third kappa shape index (κ3) is 7.49. The molecule has 0 spiro atoms. The smallest absolute Gasteiger partial charge is 0.191 e. The molecule has 0 radical (unpaired) electrons. The van der Waals surface area contributed by atoms with Crippen LogP contribution in [0.4, 0.5) is 0 Å². The zero-order valence-electron chi connectivity index (χ0n) is 17.4. The lowest BCUT2D eigenvalue weighted by atomic mass is 10.0. The highest BCUT2D eigenvalue weighted by Gasteiger charge is 2.24. The Balaban J connectivity index is 0.00000320. The monoisotopic (exact) mass is 523 g/mol. The van der Waals surface area contributed by atoms with Gasteiger partial charge in [-0.3, -0.25) is 4.68 Å². The molecule has 7 nitrogen and oxygen atoms in total. The number of nitrogens with one attached hydrogen (secondary N) is 2. The van der Waals surface area contributed by atoms with Gasteiger partial charge in [-0.1, -0.05) is 30.3 Å². The third-order valence-corrected chi connectivity index (χ3v) is 4.66. The molecule has 1 aromatic carbocycles. The molecular formula is C22H30IN5O2. The lowest BCUT2D eigenvalue weighted by Crippen LogP contribution is -2.40. The molecule has 0 fully saturated rings. The lowest BCUT2D eigenvalue weighted by Gasteiger charge is -2.20. The van der Waals surface area contributed by atoms with Gasteiger partial charge in [-0.15, -0.1) is 24.0 Å². The fraction of sp³-hybridized carbons (Fsp3) is 0.364. The summed E-state index contributed by atoms with van der Waals surface area (Å²) < 4.78 is 7.05. The molecule has 2 aromatic heterocycles. The predicted molar refractivity (Wildman–Crippen MR) is 129 cm³/mol. The molecule has 0 amide bonds. The maximum Gasteiger partial charge on any atom is 0.191 e. The summed E-state index contributed by atoms with van der Waals surface area (Å²) in [5.41, 5.74) is 0.906. The van der Waals surface area contributed by atoms with Crippen molar-refractivity contribution in [3.8, 4) is 0 Å². The summed E-state index contributed by atoms with van der Waals surface area (Å²) in [6, 6.07) is 14.1. The van der Waals surface area contributed by atoms with E-state index in [9.17, 15) is 5.11 Å². The number of aliphatic hydroxyl groups is 1. The Hall–Kier alpha value is -2.33. The Bertz CT molecular complexity index is 891. The van der Waals surface area contributed by atoms with E-state index in [-0.39, 0.29) is 30.5 Å². The minimum Gasteiger partial charge on any atom is -0.469 e. The number of aryl methyl sites for hydroxylation is 1. The zero-order valence-corrected chi connectivity index (χ0v) is 19.7. The van der Waals surface area contributed by atoms with Crippen molar-refractivity contribution in [3.05, 3.63) is 78.0 Å². The summed E-state index contributed by atoms with van der Waals surface area (Å²) in [5, 5.41) is 21.6. The molecule has 0 aliphatic rings. The second-order valence-electron chi connectivity index (χ2n) is 7.26. The number of hydrogen-bond donors (Lipinski definition) is 3. The second kappa shape index (κ2) is 11.8. The summed E-state index contributed by atoms with van der Waals surface area (Å²) in [4.78, 5) is 4.61. The number of nitrogens with zero attached hydrogens (tertiary/aromatic N) is 3. The van der Waals surface area contributed by atoms with E-state index in [2.05, 4.69) is 32.9 Å². The molecule has 162 valence electrons. The Morgan fingerprint density at radius 1 is 1.13 bits per heavy atom. The maximum atomic E-state index is 10.8. The summed E-state index contributed by atoms with van der Waals surface area (Å²) in [7, 11) is 1.83. The van der Waals surface area contributed by atoms with Gasteiger partial charge in [0.15, 0.2) is 5.96 Å². The topological polar surface area (TPSA) is 87.6 Å². The molecule has 1 atom stereocenters. The largest absolute Gasteiger partial charge is 0.469 e. The van der Waals surface area contributed by atoms with Gasteiger partial charge in [-0.25, -0.2) is 4.99 Å². The van der Waals surface area contributed by atoms with Crippen LogP contribution >= 0.6 is 24.0 Å². The fourth-order valence-electron chi connectivity index (χ4n) is 2.93. The summed E-state index contributed by atoms with van der Waals surface area (Å²) in [6.07, 6.45) is 6.79. The van der Waals surface area contributed by atoms with Gasteiger partial charge in [-0.2, -0.15) is 5.10 Å². The number of rotatable bonds is 9. The van der Waals surface area contributed by atoms with Crippen molar-refractivity contribution in [1.82, 2.24) is 20.4 Å². The Morgan fingerprint density at radius 2 is 1.87 bits per heavy atom. The molecular weight excluding hydrogens is 493 g/mol. The van der Waals surface area contributed by atoms with Crippen LogP contribution in [0.5, 0.6) is 0 Å².